The van der Waals surface area contributed by atoms with Gasteiger partial charge in [0.25, 0.3) is 17.4 Å². The van der Waals surface area contributed by atoms with Gasteiger partial charge in [-0.1, -0.05) is 0 Å². The lowest BCUT2D eigenvalue weighted by Crippen LogP contribution is -2.31. The smallest absolute Gasteiger partial charge is 0.295 e. The van der Waals surface area contributed by atoms with Crippen molar-refractivity contribution in [2.45, 2.75) is 19.4 Å². The number of ether oxygens (including phenoxy) is 2. The summed E-state index contributed by atoms with van der Waals surface area (Å²) in [5.74, 6) is -1.24. The van der Waals surface area contributed by atoms with Gasteiger partial charge in [-0.2, -0.15) is 0 Å². The fourth-order valence-electron chi connectivity index (χ4n) is 3.80. The molecular formula is C23H24N2O7. The first-order chi connectivity index (χ1) is 15.3. The predicted octanol–water partition coefficient (Wildman–Crippen LogP) is 3.37. The van der Waals surface area contributed by atoms with Crippen LogP contribution < -0.4 is 4.74 Å². The third kappa shape index (κ3) is 4.33. The molecule has 9 heteroatoms. The first kappa shape index (κ1) is 23.0. The minimum Gasteiger partial charge on any atom is -0.507 e. The molecule has 0 spiro atoms. The second-order valence-corrected chi connectivity index (χ2v) is 7.37. The monoisotopic (exact) mass is 440 g/mol. The van der Waals surface area contributed by atoms with Crippen LogP contribution in [0, 0.1) is 17.0 Å². The Morgan fingerprint density at radius 3 is 2.41 bits per heavy atom. The average molecular weight is 440 g/mol. The number of ketones is 1. The van der Waals surface area contributed by atoms with E-state index in [9.17, 15) is 24.8 Å². The average Bonchev–Trinajstić information content (AvgIpc) is 3.03. The zero-order valence-electron chi connectivity index (χ0n) is 18.0. The largest absolute Gasteiger partial charge is 0.507 e. The van der Waals surface area contributed by atoms with Crippen molar-refractivity contribution < 1.29 is 29.1 Å². The number of amides is 1. The molecule has 1 atom stereocenters. The van der Waals surface area contributed by atoms with Crippen LogP contribution in [0.15, 0.2) is 48.0 Å². The number of nitro benzene ring substituents is 1. The van der Waals surface area contributed by atoms with E-state index >= 15 is 0 Å². The number of hydrogen-bond acceptors (Lipinski definition) is 7. The number of nitro groups is 1. The van der Waals surface area contributed by atoms with Crippen LogP contribution in [0.5, 0.6) is 5.75 Å². The molecule has 1 N–H and O–H groups in total. The molecule has 1 fully saturated rings. The molecule has 0 unspecified atom stereocenters. The number of carbonyl (C=O) groups is 2. The lowest BCUT2D eigenvalue weighted by Gasteiger charge is -2.25. The number of aliphatic hydroxyl groups excluding tert-OH is 1. The van der Waals surface area contributed by atoms with E-state index in [1.807, 2.05) is 0 Å². The summed E-state index contributed by atoms with van der Waals surface area (Å²) in [6.45, 7) is 2.40. The van der Waals surface area contributed by atoms with Crippen molar-refractivity contribution in [3.63, 3.8) is 0 Å². The van der Waals surface area contributed by atoms with Crippen LogP contribution in [-0.4, -0.2) is 54.0 Å². The summed E-state index contributed by atoms with van der Waals surface area (Å²) in [6.07, 6.45) is 0.481. The number of methoxy groups -OCH3 is 2. The molecule has 2 aromatic rings. The van der Waals surface area contributed by atoms with Crippen molar-refractivity contribution in [1.82, 2.24) is 4.90 Å². The number of benzene rings is 2. The Balaban J connectivity index is 2.13. The van der Waals surface area contributed by atoms with Gasteiger partial charge in [0.1, 0.15) is 11.5 Å². The molecular weight excluding hydrogens is 416 g/mol. The highest BCUT2D eigenvalue weighted by molar-refractivity contribution is 6.46. The van der Waals surface area contributed by atoms with Crippen LogP contribution in [0.2, 0.25) is 0 Å². The highest BCUT2D eigenvalue weighted by atomic mass is 16.6. The molecule has 1 aliphatic rings. The molecule has 0 radical (unpaired) electrons. The Bertz CT molecular complexity index is 1080. The summed E-state index contributed by atoms with van der Waals surface area (Å²) in [5.41, 5.74) is 1.42. The van der Waals surface area contributed by atoms with Crippen LogP contribution >= 0.6 is 0 Å². The van der Waals surface area contributed by atoms with E-state index in [-0.39, 0.29) is 23.6 Å². The third-order valence-electron chi connectivity index (χ3n) is 5.38. The molecule has 0 aromatic heterocycles. The van der Waals surface area contributed by atoms with Crippen LogP contribution in [0.25, 0.3) is 5.76 Å². The van der Waals surface area contributed by atoms with Crippen LogP contribution in [0.4, 0.5) is 5.69 Å². The van der Waals surface area contributed by atoms with Crippen LogP contribution in [0.3, 0.4) is 0 Å². The predicted molar refractivity (Wildman–Crippen MR) is 116 cm³/mol. The first-order valence-electron chi connectivity index (χ1n) is 9.96. The molecule has 168 valence electrons. The van der Waals surface area contributed by atoms with E-state index in [0.29, 0.717) is 29.9 Å². The van der Waals surface area contributed by atoms with Gasteiger partial charge >= 0.3 is 0 Å². The molecule has 0 aliphatic carbocycles. The van der Waals surface area contributed by atoms with Crippen molar-refractivity contribution in [1.29, 1.82) is 0 Å². The first-order valence-corrected chi connectivity index (χ1v) is 9.96. The van der Waals surface area contributed by atoms with Gasteiger partial charge in [0.2, 0.25) is 0 Å². The Morgan fingerprint density at radius 1 is 1.16 bits per heavy atom. The second-order valence-electron chi connectivity index (χ2n) is 7.37. The zero-order chi connectivity index (χ0) is 23.4. The van der Waals surface area contributed by atoms with E-state index in [2.05, 4.69) is 0 Å². The fourth-order valence-corrected chi connectivity index (χ4v) is 3.80. The molecule has 1 saturated heterocycles. The minimum absolute atomic E-state index is 0.0640. The number of rotatable bonds is 8. The fraction of sp³-hybridized carbons (Fsp3) is 0.304. The maximum atomic E-state index is 13.0. The van der Waals surface area contributed by atoms with Crippen LogP contribution in [-0.2, 0) is 14.3 Å². The van der Waals surface area contributed by atoms with E-state index in [0.717, 1.165) is 5.56 Å². The van der Waals surface area contributed by atoms with Gasteiger partial charge in [-0.15, -0.1) is 0 Å². The highest BCUT2D eigenvalue weighted by Gasteiger charge is 2.45. The van der Waals surface area contributed by atoms with Gasteiger partial charge < -0.3 is 19.5 Å². The molecule has 0 bridgehead atoms. The summed E-state index contributed by atoms with van der Waals surface area (Å²) in [4.78, 5) is 37.7. The van der Waals surface area contributed by atoms with E-state index in [4.69, 9.17) is 9.47 Å². The van der Waals surface area contributed by atoms with Crippen molar-refractivity contribution >= 4 is 23.1 Å². The Hall–Kier alpha value is -3.72. The van der Waals surface area contributed by atoms with Crippen molar-refractivity contribution in [3.8, 4) is 5.75 Å². The zero-order valence-corrected chi connectivity index (χ0v) is 18.0. The maximum absolute atomic E-state index is 13.0. The maximum Gasteiger partial charge on any atom is 0.295 e. The van der Waals surface area contributed by atoms with Crippen molar-refractivity contribution in [2.75, 3.05) is 27.4 Å². The number of aliphatic hydroxyl groups is 1. The lowest BCUT2D eigenvalue weighted by molar-refractivity contribution is -0.384. The summed E-state index contributed by atoms with van der Waals surface area (Å²) in [5, 5.41) is 22.1. The van der Waals surface area contributed by atoms with Gasteiger partial charge in [-0.25, -0.2) is 0 Å². The summed E-state index contributed by atoms with van der Waals surface area (Å²) >= 11 is 0. The molecule has 1 aliphatic heterocycles. The number of aryl methyl sites for hydroxylation is 1. The third-order valence-corrected chi connectivity index (χ3v) is 5.38. The lowest BCUT2D eigenvalue weighted by atomic mass is 9.94. The molecule has 9 nitrogen and oxygen atoms in total. The van der Waals surface area contributed by atoms with Gasteiger partial charge in [0, 0.05) is 38.0 Å². The molecule has 0 saturated carbocycles. The molecule has 2 aromatic carbocycles. The van der Waals surface area contributed by atoms with E-state index in [1.165, 1.54) is 43.4 Å². The molecule has 32 heavy (non-hydrogen) atoms. The number of hydrogen-bond donors (Lipinski definition) is 1. The van der Waals surface area contributed by atoms with E-state index < -0.39 is 22.7 Å². The second kappa shape index (κ2) is 9.61. The normalized spacial score (nSPS) is 17.6. The standard InChI is InChI=1S/C23H24N2O7/c1-14-13-16(7-10-18(14)32-3)21(26)19-20(15-5-8-17(9-6-15)25(29)30)24(11-4-12-31-2)23(28)22(19)27/h5-10,13,20,26H,4,11-12H2,1-3H3/b21-19+/t20-/m0/s1. The van der Waals surface area contributed by atoms with Gasteiger partial charge in [-0.05, 0) is 54.8 Å². The van der Waals surface area contributed by atoms with Gasteiger partial charge in [0.05, 0.1) is 23.6 Å². The number of nitrogens with zero attached hydrogens (tertiary/aromatic N) is 2. The summed E-state index contributed by atoms with van der Waals surface area (Å²) in [7, 11) is 3.07. The summed E-state index contributed by atoms with van der Waals surface area (Å²) < 4.78 is 10.3. The van der Waals surface area contributed by atoms with Gasteiger partial charge in [0.15, 0.2) is 0 Å². The molecule has 3 rings (SSSR count). The molecule has 1 amide bonds. The van der Waals surface area contributed by atoms with Crippen molar-refractivity contribution in [2.24, 2.45) is 0 Å². The Morgan fingerprint density at radius 2 is 1.84 bits per heavy atom. The Kier molecular flexibility index (Phi) is 6.89. The van der Waals surface area contributed by atoms with Crippen molar-refractivity contribution in [3.05, 3.63) is 74.8 Å². The number of non-ortho nitro benzene ring substituents is 1. The highest BCUT2D eigenvalue weighted by Crippen LogP contribution is 2.40. The SMILES string of the molecule is COCCCN1C(=O)C(=O)/C(=C(/O)c2ccc(OC)c(C)c2)[C@@H]1c1ccc([N+](=O)[O-])cc1. The minimum atomic E-state index is -0.880. The van der Waals surface area contributed by atoms with Crippen LogP contribution in [0.1, 0.15) is 29.2 Å². The quantitative estimate of drug-likeness (QED) is 0.167. The number of likely N-dealkylation sites (tertiary alicyclic amines) is 1. The Labute approximate surface area is 185 Å². The van der Waals surface area contributed by atoms with E-state index in [1.54, 1.807) is 25.1 Å². The molecule has 1 heterocycles. The number of carbonyl (C=O) groups excluding carboxylic acids is 2. The summed E-state index contributed by atoms with van der Waals surface area (Å²) in [6, 6.07) is 9.65. The van der Waals surface area contributed by atoms with Gasteiger partial charge in [-0.3, -0.25) is 19.7 Å². The topological polar surface area (TPSA) is 119 Å². The number of Topliss-reactive ketones (excluding diaryl/α,β-unsaturated/α-hetero) is 1.